The van der Waals surface area contributed by atoms with Gasteiger partial charge in [0.15, 0.2) is 0 Å². The minimum Gasteiger partial charge on any atom is -0.497 e. The molecule has 1 amide bonds. The van der Waals surface area contributed by atoms with E-state index in [1.54, 1.807) is 7.11 Å². The molecule has 33 heavy (non-hydrogen) atoms. The highest BCUT2D eigenvalue weighted by molar-refractivity contribution is 6.01. The molecule has 0 saturated carbocycles. The summed E-state index contributed by atoms with van der Waals surface area (Å²) >= 11 is 0. The molecule has 0 bridgehead atoms. The number of hydrogen-bond acceptors (Lipinski definition) is 2. The summed E-state index contributed by atoms with van der Waals surface area (Å²) in [6.45, 7) is 0.539. The third kappa shape index (κ3) is 4.40. The summed E-state index contributed by atoms with van der Waals surface area (Å²) in [5, 5.41) is 0. The number of carbonyl (C=O) groups excluding carboxylic acids is 1. The van der Waals surface area contributed by atoms with Crippen molar-refractivity contribution < 1.29 is 9.53 Å². The van der Waals surface area contributed by atoms with Crippen molar-refractivity contribution in [1.82, 2.24) is 4.90 Å². The number of ether oxygens (including phenoxy) is 1. The normalized spacial score (nSPS) is 12.9. The first-order chi connectivity index (χ1) is 16.2. The Morgan fingerprint density at radius 3 is 2.21 bits per heavy atom. The van der Waals surface area contributed by atoms with Gasteiger partial charge in [-0.3, -0.25) is 4.79 Å². The molecule has 0 unspecified atom stereocenters. The van der Waals surface area contributed by atoms with Crippen LogP contribution in [-0.4, -0.2) is 24.0 Å². The summed E-state index contributed by atoms with van der Waals surface area (Å²) in [6, 6.07) is 34.7. The van der Waals surface area contributed by atoms with Crippen molar-refractivity contribution >= 4 is 5.91 Å². The Labute approximate surface area is 195 Å². The number of hydrogen-bond donors (Lipinski definition) is 0. The highest BCUT2D eigenvalue weighted by Gasteiger charge is 2.31. The van der Waals surface area contributed by atoms with Crippen LogP contribution in [0.2, 0.25) is 0 Å². The van der Waals surface area contributed by atoms with Gasteiger partial charge in [-0.05, 0) is 58.9 Å². The van der Waals surface area contributed by atoms with Crippen LogP contribution >= 0.6 is 0 Å². The Hall–Kier alpha value is -3.85. The van der Waals surface area contributed by atoms with Crippen LogP contribution in [0.15, 0.2) is 103 Å². The van der Waals surface area contributed by atoms with E-state index in [4.69, 9.17) is 4.74 Å². The molecule has 0 atom stereocenters. The molecule has 5 rings (SSSR count). The summed E-state index contributed by atoms with van der Waals surface area (Å²) in [5.74, 6) is 0.870. The summed E-state index contributed by atoms with van der Waals surface area (Å²) in [7, 11) is 1.67. The third-order valence-corrected chi connectivity index (χ3v) is 6.46. The molecule has 0 heterocycles. The Balaban J connectivity index is 1.53. The van der Waals surface area contributed by atoms with E-state index in [2.05, 4.69) is 47.4 Å². The second-order valence-electron chi connectivity index (χ2n) is 8.53. The van der Waals surface area contributed by atoms with Crippen LogP contribution in [-0.2, 0) is 19.4 Å². The lowest BCUT2D eigenvalue weighted by Gasteiger charge is -2.30. The average molecular weight is 434 g/mol. The molecule has 1 aliphatic rings. The first kappa shape index (κ1) is 21.0. The predicted octanol–water partition coefficient (Wildman–Crippen LogP) is 6.17. The maximum absolute atomic E-state index is 14.1. The van der Waals surface area contributed by atoms with Crippen LogP contribution in [0.25, 0.3) is 11.1 Å². The number of methoxy groups -OCH3 is 1. The minimum atomic E-state index is 0.0649. The summed E-state index contributed by atoms with van der Waals surface area (Å²) in [4.78, 5) is 16.2. The van der Waals surface area contributed by atoms with Gasteiger partial charge in [-0.1, -0.05) is 84.9 Å². The first-order valence-corrected chi connectivity index (χ1v) is 11.4. The largest absolute Gasteiger partial charge is 0.497 e. The lowest BCUT2D eigenvalue weighted by atomic mass is 9.98. The number of amides is 1. The molecule has 164 valence electrons. The van der Waals surface area contributed by atoms with Crippen molar-refractivity contribution in [2.45, 2.75) is 25.4 Å². The van der Waals surface area contributed by atoms with Crippen molar-refractivity contribution in [3.63, 3.8) is 0 Å². The molecular formula is C30H27NO2. The summed E-state index contributed by atoms with van der Waals surface area (Å²) in [5.41, 5.74) is 6.50. The Morgan fingerprint density at radius 2 is 1.48 bits per heavy atom. The lowest BCUT2D eigenvalue weighted by molar-refractivity contribution is 0.0668. The van der Waals surface area contributed by atoms with E-state index < -0.39 is 0 Å². The number of benzene rings is 4. The maximum Gasteiger partial charge on any atom is 0.255 e. The van der Waals surface area contributed by atoms with Crippen LogP contribution in [0.3, 0.4) is 0 Å². The molecule has 0 radical (unpaired) electrons. The van der Waals surface area contributed by atoms with E-state index >= 15 is 0 Å². The third-order valence-electron chi connectivity index (χ3n) is 6.46. The standard InChI is InChI=1S/C30H27NO2/c1-33-27-15-9-10-22(18-27)21-31(26-19-24-13-5-6-14-25(24)20-26)30(32)29-17-8-7-16-28(29)23-11-3-2-4-12-23/h2-18,26H,19-21H2,1H3. The van der Waals surface area contributed by atoms with Crippen molar-refractivity contribution in [3.8, 4) is 16.9 Å². The van der Waals surface area contributed by atoms with Gasteiger partial charge in [0, 0.05) is 18.2 Å². The molecule has 0 N–H and O–H groups in total. The fourth-order valence-electron chi connectivity index (χ4n) is 4.78. The summed E-state index contributed by atoms with van der Waals surface area (Å²) < 4.78 is 5.43. The smallest absolute Gasteiger partial charge is 0.255 e. The van der Waals surface area contributed by atoms with Gasteiger partial charge in [0.05, 0.1) is 7.11 Å². The van der Waals surface area contributed by atoms with Crippen molar-refractivity contribution in [2.24, 2.45) is 0 Å². The minimum absolute atomic E-state index is 0.0649. The first-order valence-electron chi connectivity index (χ1n) is 11.4. The quantitative estimate of drug-likeness (QED) is 0.364. The van der Waals surface area contributed by atoms with E-state index in [1.807, 2.05) is 60.7 Å². The molecule has 3 nitrogen and oxygen atoms in total. The zero-order valence-corrected chi connectivity index (χ0v) is 18.8. The van der Waals surface area contributed by atoms with Crippen LogP contribution in [0.4, 0.5) is 0 Å². The molecule has 4 aromatic carbocycles. The summed E-state index contributed by atoms with van der Waals surface area (Å²) in [6.07, 6.45) is 1.75. The van der Waals surface area contributed by atoms with E-state index in [-0.39, 0.29) is 11.9 Å². The van der Waals surface area contributed by atoms with Crippen molar-refractivity contribution in [2.75, 3.05) is 7.11 Å². The van der Waals surface area contributed by atoms with Crippen LogP contribution in [0, 0.1) is 0 Å². The van der Waals surface area contributed by atoms with Gasteiger partial charge in [-0.25, -0.2) is 0 Å². The van der Waals surface area contributed by atoms with Crippen LogP contribution in [0.5, 0.6) is 5.75 Å². The second-order valence-corrected chi connectivity index (χ2v) is 8.53. The van der Waals surface area contributed by atoms with Gasteiger partial charge in [0.25, 0.3) is 5.91 Å². The van der Waals surface area contributed by atoms with E-state index in [0.29, 0.717) is 6.54 Å². The molecular weight excluding hydrogens is 406 g/mol. The van der Waals surface area contributed by atoms with Crippen LogP contribution < -0.4 is 4.74 Å². The topological polar surface area (TPSA) is 29.5 Å². The lowest BCUT2D eigenvalue weighted by Crippen LogP contribution is -2.40. The Kier molecular flexibility index (Phi) is 5.95. The highest BCUT2D eigenvalue weighted by atomic mass is 16.5. The van der Waals surface area contributed by atoms with Gasteiger partial charge >= 0.3 is 0 Å². The highest BCUT2D eigenvalue weighted by Crippen LogP contribution is 2.31. The molecule has 0 aromatic heterocycles. The van der Waals surface area contributed by atoms with E-state index in [9.17, 15) is 4.79 Å². The molecule has 1 aliphatic carbocycles. The predicted molar refractivity (Wildman–Crippen MR) is 132 cm³/mol. The maximum atomic E-state index is 14.1. The molecule has 4 aromatic rings. The van der Waals surface area contributed by atoms with Gasteiger partial charge in [0.2, 0.25) is 0 Å². The fourth-order valence-corrected chi connectivity index (χ4v) is 4.78. The van der Waals surface area contributed by atoms with Crippen molar-refractivity contribution in [3.05, 3.63) is 125 Å². The second kappa shape index (κ2) is 9.33. The zero-order chi connectivity index (χ0) is 22.6. The van der Waals surface area contributed by atoms with E-state index in [0.717, 1.165) is 40.8 Å². The van der Waals surface area contributed by atoms with E-state index in [1.165, 1.54) is 11.1 Å². The molecule has 0 fully saturated rings. The molecule has 3 heteroatoms. The Morgan fingerprint density at radius 1 is 0.818 bits per heavy atom. The monoisotopic (exact) mass is 433 g/mol. The number of fused-ring (bicyclic) bond motifs is 1. The van der Waals surface area contributed by atoms with Crippen molar-refractivity contribution in [1.29, 1.82) is 0 Å². The van der Waals surface area contributed by atoms with Gasteiger partial charge in [-0.15, -0.1) is 0 Å². The SMILES string of the molecule is COc1cccc(CN(C(=O)c2ccccc2-c2ccccc2)C2Cc3ccccc3C2)c1. The number of carbonyl (C=O) groups is 1. The Bertz CT molecular complexity index is 1240. The number of nitrogens with zero attached hydrogens (tertiary/aromatic N) is 1. The molecule has 0 saturated heterocycles. The van der Waals surface area contributed by atoms with Gasteiger partial charge < -0.3 is 9.64 Å². The van der Waals surface area contributed by atoms with Gasteiger partial charge in [0.1, 0.15) is 5.75 Å². The molecule has 0 aliphatic heterocycles. The van der Waals surface area contributed by atoms with Crippen LogP contribution in [0.1, 0.15) is 27.0 Å². The average Bonchev–Trinajstić information content (AvgIpc) is 3.31. The fraction of sp³-hybridized carbons (Fsp3) is 0.167. The zero-order valence-electron chi connectivity index (χ0n) is 18.8. The number of rotatable bonds is 6. The molecule has 0 spiro atoms. The van der Waals surface area contributed by atoms with Gasteiger partial charge in [-0.2, -0.15) is 0 Å².